The molecule has 0 saturated carbocycles. The van der Waals surface area contributed by atoms with Crippen LogP contribution in [0.25, 0.3) is 0 Å². The maximum atomic E-state index is 13.0. The average molecular weight is 287 g/mol. The van der Waals surface area contributed by atoms with Gasteiger partial charge >= 0.3 is 6.18 Å². The first-order valence-corrected chi connectivity index (χ1v) is 6.81. The maximum Gasteiger partial charge on any atom is 0.416 e. The van der Waals surface area contributed by atoms with Gasteiger partial charge in [-0.05, 0) is 45.7 Å². The Labute approximate surface area is 117 Å². The summed E-state index contributed by atoms with van der Waals surface area (Å²) in [4.78, 5) is 1.98. The fourth-order valence-corrected chi connectivity index (χ4v) is 2.32. The number of anilines is 1. The van der Waals surface area contributed by atoms with Crippen molar-refractivity contribution >= 4 is 5.69 Å². The first kappa shape index (κ1) is 15.0. The van der Waals surface area contributed by atoms with Gasteiger partial charge in [-0.1, -0.05) is 0 Å². The highest BCUT2D eigenvalue weighted by Gasteiger charge is 2.32. The van der Waals surface area contributed by atoms with Gasteiger partial charge in [-0.3, -0.25) is 0 Å². The molecule has 1 fully saturated rings. The zero-order valence-electron chi connectivity index (χ0n) is 12.0. The highest BCUT2D eigenvalue weighted by molar-refractivity contribution is 5.54. The molecule has 20 heavy (non-hydrogen) atoms. The second kappa shape index (κ2) is 5.19. The first-order chi connectivity index (χ1) is 9.15. The van der Waals surface area contributed by atoms with Crippen LogP contribution in [-0.2, 0) is 6.18 Å². The molecule has 0 atom stereocenters. The third kappa shape index (κ3) is 3.81. The lowest BCUT2D eigenvalue weighted by molar-refractivity contribution is -0.137. The van der Waals surface area contributed by atoms with Crippen LogP contribution in [0.2, 0.25) is 0 Å². The number of benzene rings is 1. The maximum absolute atomic E-state index is 13.0. The van der Waals surface area contributed by atoms with Crippen molar-refractivity contribution in [2.24, 2.45) is 0 Å². The molecule has 5 heteroatoms. The van der Waals surface area contributed by atoms with Crippen molar-refractivity contribution in [1.82, 2.24) is 0 Å². The van der Waals surface area contributed by atoms with E-state index in [2.05, 4.69) is 0 Å². The highest BCUT2D eigenvalue weighted by atomic mass is 19.4. The van der Waals surface area contributed by atoms with Crippen molar-refractivity contribution in [2.75, 3.05) is 18.0 Å². The Kier molecular flexibility index (Phi) is 3.89. The van der Waals surface area contributed by atoms with Crippen LogP contribution in [0.1, 0.15) is 39.2 Å². The summed E-state index contributed by atoms with van der Waals surface area (Å²) in [5, 5.41) is 0. The van der Waals surface area contributed by atoms with Crippen LogP contribution in [0.4, 0.5) is 18.9 Å². The molecule has 1 aliphatic heterocycles. The van der Waals surface area contributed by atoms with Gasteiger partial charge in [0.1, 0.15) is 11.4 Å². The predicted molar refractivity (Wildman–Crippen MR) is 73.3 cm³/mol. The molecule has 1 saturated heterocycles. The van der Waals surface area contributed by atoms with E-state index in [1.54, 1.807) is 6.07 Å². The summed E-state index contributed by atoms with van der Waals surface area (Å²) in [5.74, 6) is 0.272. The minimum Gasteiger partial charge on any atom is -0.488 e. The van der Waals surface area contributed by atoms with Gasteiger partial charge in [0.05, 0.1) is 5.56 Å². The lowest BCUT2D eigenvalue weighted by Crippen LogP contribution is -2.24. The van der Waals surface area contributed by atoms with Crippen molar-refractivity contribution in [1.29, 1.82) is 0 Å². The summed E-state index contributed by atoms with van der Waals surface area (Å²) in [6.07, 6.45) is -2.32. The van der Waals surface area contributed by atoms with Gasteiger partial charge < -0.3 is 9.64 Å². The summed E-state index contributed by atoms with van der Waals surface area (Å²) in [6.45, 7) is 7.07. The number of rotatable bonds is 2. The van der Waals surface area contributed by atoms with Crippen LogP contribution in [0.15, 0.2) is 18.2 Å². The zero-order chi connectivity index (χ0) is 15.0. The Morgan fingerprint density at radius 3 is 2.10 bits per heavy atom. The molecule has 0 aromatic heterocycles. The summed E-state index contributed by atoms with van der Waals surface area (Å²) < 4.78 is 44.6. The molecule has 1 aromatic carbocycles. The Bertz CT molecular complexity index is 471. The summed E-state index contributed by atoms with van der Waals surface area (Å²) >= 11 is 0. The van der Waals surface area contributed by atoms with E-state index in [0.29, 0.717) is 5.69 Å². The quantitative estimate of drug-likeness (QED) is 0.795. The van der Waals surface area contributed by atoms with E-state index in [4.69, 9.17) is 4.74 Å². The highest BCUT2D eigenvalue weighted by Crippen LogP contribution is 2.36. The van der Waals surface area contributed by atoms with Gasteiger partial charge in [0.15, 0.2) is 0 Å². The largest absolute Gasteiger partial charge is 0.488 e. The number of hydrogen-bond acceptors (Lipinski definition) is 2. The summed E-state index contributed by atoms with van der Waals surface area (Å²) in [5.41, 5.74) is -0.579. The number of ether oxygens (including phenoxy) is 1. The predicted octanol–water partition coefficient (Wildman–Crippen LogP) is 4.48. The minimum absolute atomic E-state index is 0.272. The van der Waals surface area contributed by atoms with E-state index >= 15 is 0 Å². The normalized spacial score (nSPS) is 16.6. The van der Waals surface area contributed by atoms with E-state index in [1.807, 2.05) is 25.7 Å². The van der Waals surface area contributed by atoms with Crippen LogP contribution in [0, 0.1) is 0 Å². The van der Waals surface area contributed by atoms with E-state index in [1.165, 1.54) is 6.07 Å². The molecule has 1 aliphatic rings. The number of alkyl halides is 3. The van der Waals surface area contributed by atoms with Crippen LogP contribution < -0.4 is 9.64 Å². The first-order valence-electron chi connectivity index (χ1n) is 6.81. The van der Waals surface area contributed by atoms with Crippen molar-refractivity contribution in [3.8, 4) is 5.75 Å². The summed E-state index contributed by atoms with van der Waals surface area (Å²) in [7, 11) is 0. The van der Waals surface area contributed by atoms with Crippen LogP contribution in [0.5, 0.6) is 5.75 Å². The standard InChI is InChI=1S/C15H20F3NO/c1-14(2,3)20-13-9-11(15(16,17)18)8-12(10-13)19-6-4-5-7-19/h8-10H,4-7H2,1-3H3. The fourth-order valence-electron chi connectivity index (χ4n) is 2.32. The Balaban J connectivity index is 2.38. The Hall–Kier alpha value is -1.39. The van der Waals surface area contributed by atoms with Crippen LogP contribution >= 0.6 is 0 Å². The number of hydrogen-bond donors (Lipinski definition) is 0. The molecule has 112 valence electrons. The monoisotopic (exact) mass is 287 g/mol. The van der Waals surface area contributed by atoms with Crippen molar-refractivity contribution < 1.29 is 17.9 Å². The molecular weight excluding hydrogens is 267 g/mol. The molecule has 0 amide bonds. The molecule has 0 unspecified atom stereocenters. The molecule has 0 N–H and O–H groups in total. The summed E-state index contributed by atoms with van der Waals surface area (Å²) in [6, 6.07) is 3.98. The Morgan fingerprint density at radius 1 is 1.00 bits per heavy atom. The molecule has 1 heterocycles. The molecule has 1 aromatic rings. The molecule has 0 bridgehead atoms. The van der Waals surface area contributed by atoms with Gasteiger partial charge in [0.25, 0.3) is 0 Å². The van der Waals surface area contributed by atoms with E-state index in [9.17, 15) is 13.2 Å². The second-order valence-corrected chi connectivity index (χ2v) is 6.12. The number of nitrogens with zero attached hydrogens (tertiary/aromatic N) is 1. The fraction of sp³-hybridized carbons (Fsp3) is 0.600. The van der Waals surface area contributed by atoms with Crippen molar-refractivity contribution in [3.05, 3.63) is 23.8 Å². The van der Waals surface area contributed by atoms with Gasteiger partial charge in [-0.15, -0.1) is 0 Å². The second-order valence-electron chi connectivity index (χ2n) is 6.12. The number of halogens is 3. The van der Waals surface area contributed by atoms with Gasteiger partial charge in [-0.2, -0.15) is 13.2 Å². The smallest absolute Gasteiger partial charge is 0.416 e. The zero-order valence-corrected chi connectivity index (χ0v) is 12.0. The molecular formula is C15H20F3NO. The van der Waals surface area contributed by atoms with E-state index in [-0.39, 0.29) is 5.75 Å². The third-order valence-electron chi connectivity index (χ3n) is 3.11. The Morgan fingerprint density at radius 2 is 1.60 bits per heavy atom. The van der Waals surface area contributed by atoms with Crippen LogP contribution in [0.3, 0.4) is 0 Å². The van der Waals surface area contributed by atoms with Crippen LogP contribution in [-0.4, -0.2) is 18.7 Å². The topological polar surface area (TPSA) is 12.5 Å². The molecule has 0 aliphatic carbocycles. The van der Waals surface area contributed by atoms with Gasteiger partial charge in [0, 0.05) is 24.8 Å². The molecule has 2 nitrogen and oxygen atoms in total. The van der Waals surface area contributed by atoms with Gasteiger partial charge in [0.2, 0.25) is 0 Å². The van der Waals surface area contributed by atoms with E-state index < -0.39 is 17.3 Å². The van der Waals surface area contributed by atoms with Gasteiger partial charge in [-0.25, -0.2) is 0 Å². The minimum atomic E-state index is -4.36. The van der Waals surface area contributed by atoms with Crippen molar-refractivity contribution in [2.45, 2.75) is 45.4 Å². The SMILES string of the molecule is CC(C)(C)Oc1cc(N2CCCC2)cc(C(F)(F)F)c1. The lowest BCUT2D eigenvalue weighted by Gasteiger charge is -2.25. The molecule has 2 rings (SSSR count). The van der Waals surface area contributed by atoms with Crippen molar-refractivity contribution in [3.63, 3.8) is 0 Å². The third-order valence-corrected chi connectivity index (χ3v) is 3.11. The average Bonchev–Trinajstić information content (AvgIpc) is 2.78. The van der Waals surface area contributed by atoms with E-state index in [0.717, 1.165) is 32.0 Å². The molecule has 0 spiro atoms. The molecule has 0 radical (unpaired) electrons. The lowest BCUT2D eigenvalue weighted by atomic mass is 10.1.